The molecule has 33 heavy (non-hydrogen) atoms. The van der Waals surface area contributed by atoms with E-state index in [0.717, 1.165) is 16.7 Å². The smallest absolute Gasteiger partial charge is 0.338 e. The number of nitrogens with one attached hydrogen (secondary N) is 1. The average Bonchev–Trinajstić information content (AvgIpc) is 3.15. The molecule has 1 aliphatic heterocycles. The lowest BCUT2D eigenvalue weighted by molar-refractivity contribution is -0.117. The van der Waals surface area contributed by atoms with Crippen LogP contribution in [0.4, 0.5) is 5.69 Å². The van der Waals surface area contributed by atoms with E-state index >= 15 is 0 Å². The van der Waals surface area contributed by atoms with Gasteiger partial charge in [0.2, 0.25) is 5.91 Å². The number of amides is 2. The van der Waals surface area contributed by atoms with Gasteiger partial charge in [-0.3, -0.25) is 9.59 Å². The lowest BCUT2D eigenvalue weighted by Crippen LogP contribution is -2.32. The van der Waals surface area contributed by atoms with Crippen LogP contribution < -0.4 is 5.32 Å². The predicted octanol–water partition coefficient (Wildman–Crippen LogP) is 4.90. The van der Waals surface area contributed by atoms with E-state index in [1.165, 1.54) is 0 Å². The van der Waals surface area contributed by atoms with Crippen LogP contribution in [0.3, 0.4) is 0 Å². The standard InChI is InChI=1S/C27H26N2O4/c1-3-33-27(32)20-8-6-9-22(15-20)28-25(30)16-24(19-13-11-18(2)12-14-19)29-17-21-7-4-5-10-23(21)26(29)31/h4-15,24H,3,16-17H2,1-2H3,(H,28,30)/t24-/m0/s1. The quantitative estimate of drug-likeness (QED) is 0.528. The summed E-state index contributed by atoms with van der Waals surface area (Å²) in [5, 5.41) is 2.87. The van der Waals surface area contributed by atoms with Crippen molar-refractivity contribution >= 4 is 23.5 Å². The van der Waals surface area contributed by atoms with Gasteiger partial charge in [0.25, 0.3) is 5.91 Å². The highest BCUT2D eigenvalue weighted by Crippen LogP contribution is 2.34. The Morgan fingerprint density at radius 1 is 1.03 bits per heavy atom. The fourth-order valence-electron chi connectivity index (χ4n) is 4.05. The number of fused-ring (bicyclic) bond motifs is 1. The summed E-state index contributed by atoms with van der Waals surface area (Å²) in [5.41, 5.74) is 4.52. The summed E-state index contributed by atoms with van der Waals surface area (Å²) < 4.78 is 5.03. The molecular formula is C27H26N2O4. The van der Waals surface area contributed by atoms with Crippen LogP contribution in [-0.2, 0) is 16.1 Å². The number of esters is 1. The van der Waals surface area contributed by atoms with Crippen LogP contribution in [0.5, 0.6) is 0 Å². The molecule has 0 bridgehead atoms. The van der Waals surface area contributed by atoms with Crippen molar-refractivity contribution in [3.63, 3.8) is 0 Å². The van der Waals surface area contributed by atoms with Crippen molar-refractivity contribution in [3.8, 4) is 0 Å². The molecule has 6 heteroatoms. The zero-order valence-electron chi connectivity index (χ0n) is 18.7. The van der Waals surface area contributed by atoms with E-state index in [0.29, 0.717) is 23.4 Å². The van der Waals surface area contributed by atoms with Gasteiger partial charge in [0, 0.05) is 17.8 Å². The molecule has 0 aromatic heterocycles. The monoisotopic (exact) mass is 442 g/mol. The van der Waals surface area contributed by atoms with E-state index in [2.05, 4.69) is 5.32 Å². The Balaban J connectivity index is 1.56. The van der Waals surface area contributed by atoms with Crippen molar-refractivity contribution in [2.45, 2.75) is 32.9 Å². The molecule has 0 saturated carbocycles. The zero-order chi connectivity index (χ0) is 23.4. The molecule has 6 nitrogen and oxygen atoms in total. The van der Waals surface area contributed by atoms with Crippen molar-refractivity contribution in [2.75, 3.05) is 11.9 Å². The number of nitrogens with zero attached hydrogens (tertiary/aromatic N) is 1. The van der Waals surface area contributed by atoms with Crippen LogP contribution in [0.15, 0.2) is 72.8 Å². The minimum atomic E-state index is -0.438. The third-order valence-electron chi connectivity index (χ3n) is 5.72. The number of aryl methyl sites for hydroxylation is 1. The first-order chi connectivity index (χ1) is 16.0. The third-order valence-corrected chi connectivity index (χ3v) is 5.72. The maximum absolute atomic E-state index is 13.1. The summed E-state index contributed by atoms with van der Waals surface area (Å²) in [4.78, 5) is 39.9. The summed E-state index contributed by atoms with van der Waals surface area (Å²) in [7, 11) is 0. The molecule has 1 aliphatic rings. The van der Waals surface area contributed by atoms with Gasteiger partial charge in [0.05, 0.1) is 24.6 Å². The number of carbonyl (C=O) groups is 3. The highest BCUT2D eigenvalue weighted by Gasteiger charge is 2.34. The number of hydrogen-bond donors (Lipinski definition) is 1. The molecule has 0 spiro atoms. The second-order valence-corrected chi connectivity index (χ2v) is 8.07. The second kappa shape index (κ2) is 9.69. The minimum Gasteiger partial charge on any atom is -0.462 e. The van der Waals surface area contributed by atoms with Crippen molar-refractivity contribution in [2.24, 2.45) is 0 Å². The van der Waals surface area contributed by atoms with E-state index in [9.17, 15) is 14.4 Å². The second-order valence-electron chi connectivity index (χ2n) is 8.07. The fourth-order valence-corrected chi connectivity index (χ4v) is 4.05. The molecule has 168 valence electrons. The van der Waals surface area contributed by atoms with Crippen LogP contribution in [-0.4, -0.2) is 29.3 Å². The molecule has 0 fully saturated rings. The third kappa shape index (κ3) is 4.95. The van der Waals surface area contributed by atoms with E-state index in [-0.39, 0.29) is 24.8 Å². The van der Waals surface area contributed by atoms with Crippen molar-refractivity contribution in [3.05, 3.63) is 101 Å². The van der Waals surface area contributed by atoms with E-state index < -0.39 is 12.0 Å². The van der Waals surface area contributed by atoms with Crippen molar-refractivity contribution in [1.29, 1.82) is 0 Å². The highest BCUT2D eigenvalue weighted by molar-refractivity contribution is 5.99. The topological polar surface area (TPSA) is 75.7 Å². The Hall–Kier alpha value is -3.93. The molecule has 4 rings (SSSR count). The number of carbonyl (C=O) groups excluding carboxylic acids is 3. The van der Waals surface area contributed by atoms with Crippen LogP contribution in [0.25, 0.3) is 0 Å². The van der Waals surface area contributed by atoms with Gasteiger partial charge in [-0.15, -0.1) is 0 Å². The van der Waals surface area contributed by atoms with E-state index in [4.69, 9.17) is 4.74 Å². The largest absolute Gasteiger partial charge is 0.462 e. The van der Waals surface area contributed by atoms with Crippen molar-refractivity contribution < 1.29 is 19.1 Å². The SMILES string of the molecule is CCOC(=O)c1cccc(NC(=O)C[C@@H](c2ccc(C)cc2)N2Cc3ccccc3C2=O)c1. The van der Waals surface area contributed by atoms with E-state index in [1.54, 1.807) is 36.1 Å². The molecular weight excluding hydrogens is 416 g/mol. The van der Waals surface area contributed by atoms with Crippen LogP contribution in [0.2, 0.25) is 0 Å². The maximum atomic E-state index is 13.1. The number of benzene rings is 3. The average molecular weight is 443 g/mol. The molecule has 0 aliphatic carbocycles. The first kappa shape index (κ1) is 22.3. The lowest BCUT2D eigenvalue weighted by Gasteiger charge is -2.28. The first-order valence-electron chi connectivity index (χ1n) is 11.0. The normalized spacial score (nSPS) is 13.4. The van der Waals surface area contributed by atoms with Crippen LogP contribution in [0.1, 0.15) is 56.8 Å². The molecule has 2 amide bonds. The lowest BCUT2D eigenvalue weighted by atomic mass is 10.00. The van der Waals surface area contributed by atoms with Crippen LogP contribution >= 0.6 is 0 Å². The molecule has 0 saturated heterocycles. The summed E-state index contributed by atoms with van der Waals surface area (Å²) in [6.07, 6.45) is 0.0897. The van der Waals surface area contributed by atoms with Crippen molar-refractivity contribution in [1.82, 2.24) is 4.90 Å². The summed E-state index contributed by atoms with van der Waals surface area (Å²) in [6.45, 7) is 4.48. The molecule has 3 aromatic rings. The Morgan fingerprint density at radius 2 is 1.79 bits per heavy atom. The van der Waals surface area contributed by atoms with Gasteiger partial charge < -0.3 is 15.0 Å². The van der Waals surface area contributed by atoms with Crippen LogP contribution in [0, 0.1) is 6.92 Å². The Morgan fingerprint density at radius 3 is 2.52 bits per heavy atom. The summed E-state index contributed by atoms with van der Waals surface area (Å²) >= 11 is 0. The Kier molecular flexibility index (Phi) is 6.54. The first-order valence-corrected chi connectivity index (χ1v) is 11.0. The highest BCUT2D eigenvalue weighted by atomic mass is 16.5. The number of hydrogen-bond acceptors (Lipinski definition) is 4. The van der Waals surface area contributed by atoms with Gasteiger partial charge in [-0.25, -0.2) is 4.79 Å². The summed E-state index contributed by atoms with van der Waals surface area (Å²) in [6, 6.07) is 21.7. The fraction of sp³-hybridized carbons (Fsp3) is 0.222. The molecule has 1 atom stereocenters. The zero-order valence-corrected chi connectivity index (χ0v) is 18.7. The molecule has 3 aromatic carbocycles. The number of anilines is 1. The number of rotatable bonds is 7. The molecule has 0 unspecified atom stereocenters. The van der Waals surface area contributed by atoms with Gasteiger partial charge in [-0.2, -0.15) is 0 Å². The molecule has 1 N–H and O–H groups in total. The van der Waals surface area contributed by atoms with Gasteiger partial charge >= 0.3 is 5.97 Å². The minimum absolute atomic E-state index is 0.0757. The maximum Gasteiger partial charge on any atom is 0.338 e. The van der Waals surface area contributed by atoms with Gasteiger partial charge in [0.15, 0.2) is 0 Å². The Bertz CT molecular complexity index is 1190. The number of ether oxygens (including phenoxy) is 1. The Labute approximate surface area is 193 Å². The molecule has 1 heterocycles. The van der Waals surface area contributed by atoms with Gasteiger partial charge in [0.1, 0.15) is 0 Å². The predicted molar refractivity (Wildman–Crippen MR) is 126 cm³/mol. The van der Waals surface area contributed by atoms with Gasteiger partial charge in [-0.1, -0.05) is 54.1 Å². The molecule has 0 radical (unpaired) electrons. The van der Waals surface area contributed by atoms with Gasteiger partial charge in [-0.05, 0) is 49.2 Å². The summed E-state index contributed by atoms with van der Waals surface area (Å²) in [5.74, 6) is -0.759. The van der Waals surface area contributed by atoms with E-state index in [1.807, 2.05) is 55.5 Å².